The van der Waals surface area contributed by atoms with Crippen molar-refractivity contribution in [3.63, 3.8) is 0 Å². The summed E-state index contributed by atoms with van der Waals surface area (Å²) in [6.45, 7) is 1.91. The second-order valence-electron chi connectivity index (χ2n) is 7.72. The van der Waals surface area contributed by atoms with Crippen LogP contribution in [0, 0.1) is 6.92 Å². The summed E-state index contributed by atoms with van der Waals surface area (Å²) in [6.07, 6.45) is 2.18. The Morgan fingerprint density at radius 2 is 1.66 bits per heavy atom. The summed E-state index contributed by atoms with van der Waals surface area (Å²) in [5, 5.41) is 13.4. The Kier molecular flexibility index (Phi) is 5.64. The second-order valence-corrected chi connectivity index (χ2v) is 7.72. The molecule has 0 bridgehead atoms. The number of carboxylic acid groups (broad SMARTS) is 1. The van der Waals surface area contributed by atoms with Crippen molar-refractivity contribution in [1.82, 2.24) is 14.3 Å². The van der Waals surface area contributed by atoms with Crippen LogP contribution in [-0.4, -0.2) is 31.3 Å². The lowest BCUT2D eigenvalue weighted by atomic mass is 10.1. The van der Waals surface area contributed by atoms with E-state index < -0.39 is 11.9 Å². The number of carbonyl (C=O) groups excluding carboxylic acids is 1. The molecule has 2 heterocycles. The van der Waals surface area contributed by atoms with Crippen LogP contribution in [0.25, 0.3) is 28.2 Å². The first-order chi connectivity index (χ1) is 15.3. The predicted octanol–water partition coefficient (Wildman–Crippen LogP) is 3.97. The van der Waals surface area contributed by atoms with Crippen LogP contribution >= 0.6 is 0 Å². The molecule has 32 heavy (non-hydrogen) atoms. The molecule has 0 aliphatic carbocycles. The van der Waals surface area contributed by atoms with Gasteiger partial charge in [-0.1, -0.05) is 24.3 Å². The zero-order valence-corrected chi connectivity index (χ0v) is 17.9. The average molecular weight is 428 g/mol. The van der Waals surface area contributed by atoms with Crippen LogP contribution in [0.3, 0.4) is 0 Å². The molecule has 7 heteroatoms. The number of aryl methyl sites for hydroxylation is 3. The molecule has 0 aliphatic heterocycles. The van der Waals surface area contributed by atoms with Crippen LogP contribution in [0.2, 0.25) is 0 Å². The highest BCUT2D eigenvalue weighted by Gasteiger charge is 2.16. The van der Waals surface area contributed by atoms with Gasteiger partial charge in [-0.05, 0) is 66.4 Å². The molecule has 3 N–H and O–H groups in total. The molecule has 7 nitrogen and oxygen atoms in total. The summed E-state index contributed by atoms with van der Waals surface area (Å²) >= 11 is 0. The maximum Gasteiger partial charge on any atom is 0.303 e. The molecule has 0 saturated carbocycles. The fourth-order valence-electron chi connectivity index (χ4n) is 3.95. The normalized spacial score (nSPS) is 10.9. The minimum absolute atomic E-state index is 0.0291. The lowest BCUT2D eigenvalue weighted by molar-refractivity contribution is -0.136. The summed E-state index contributed by atoms with van der Waals surface area (Å²) in [4.78, 5) is 22.8. The van der Waals surface area contributed by atoms with Gasteiger partial charge in [0.1, 0.15) is 0 Å². The molecule has 1 amide bonds. The van der Waals surface area contributed by atoms with Crippen LogP contribution in [0.5, 0.6) is 0 Å². The molecule has 0 atom stereocenters. The number of carbonyl (C=O) groups is 2. The van der Waals surface area contributed by atoms with E-state index in [0.717, 1.165) is 39.5 Å². The van der Waals surface area contributed by atoms with Gasteiger partial charge in [0.2, 0.25) is 5.91 Å². The molecule has 0 aliphatic rings. The van der Waals surface area contributed by atoms with Gasteiger partial charge in [-0.2, -0.15) is 5.10 Å². The molecule has 4 rings (SSSR count). The van der Waals surface area contributed by atoms with E-state index in [-0.39, 0.29) is 6.42 Å². The Balaban J connectivity index is 1.80. The molecule has 4 aromatic rings. The van der Waals surface area contributed by atoms with Crippen molar-refractivity contribution in [1.29, 1.82) is 0 Å². The van der Waals surface area contributed by atoms with Crippen LogP contribution < -0.4 is 5.73 Å². The van der Waals surface area contributed by atoms with Crippen molar-refractivity contribution in [2.75, 3.05) is 0 Å². The molecule has 2 aromatic heterocycles. The highest BCUT2D eigenvalue weighted by molar-refractivity contribution is 5.93. The van der Waals surface area contributed by atoms with Gasteiger partial charge in [-0.3, -0.25) is 14.3 Å². The smallest absolute Gasteiger partial charge is 0.303 e. The Morgan fingerprint density at radius 3 is 2.22 bits per heavy atom. The molecule has 2 aromatic carbocycles. The Labute approximate surface area is 185 Å². The Hall–Kier alpha value is -4.13. The predicted molar refractivity (Wildman–Crippen MR) is 123 cm³/mol. The lowest BCUT2D eigenvalue weighted by Gasteiger charge is -2.17. The largest absolute Gasteiger partial charge is 0.481 e. The highest BCUT2D eigenvalue weighted by atomic mass is 16.4. The maximum atomic E-state index is 11.6. The van der Waals surface area contributed by atoms with Gasteiger partial charge in [0.05, 0.1) is 17.8 Å². The first-order valence-corrected chi connectivity index (χ1v) is 10.3. The molecule has 162 valence electrons. The lowest BCUT2D eigenvalue weighted by Crippen LogP contribution is -2.12. The Bertz CT molecular complexity index is 1300. The molecular weight excluding hydrogens is 404 g/mol. The second kappa shape index (κ2) is 8.55. The minimum Gasteiger partial charge on any atom is -0.481 e. The quantitative estimate of drug-likeness (QED) is 0.465. The van der Waals surface area contributed by atoms with Crippen molar-refractivity contribution in [2.45, 2.75) is 19.8 Å². The number of carboxylic acids is 1. The van der Waals surface area contributed by atoms with Crippen LogP contribution in [0.15, 0.2) is 66.9 Å². The number of rotatable bonds is 7. The van der Waals surface area contributed by atoms with Crippen LogP contribution in [0.4, 0.5) is 0 Å². The third-order valence-electron chi connectivity index (χ3n) is 5.58. The van der Waals surface area contributed by atoms with E-state index in [4.69, 9.17) is 5.73 Å². The SMILES string of the molecule is Cc1cc(C(N)=O)ccc1-n1c(CCC(=O)O)ccc1-c1ccc(-c2ccnn2C)cc1. The number of nitrogens with two attached hydrogens (primary N) is 1. The summed E-state index contributed by atoms with van der Waals surface area (Å²) in [6, 6.07) is 19.4. The zero-order valence-electron chi connectivity index (χ0n) is 17.9. The topological polar surface area (TPSA) is 103 Å². The fraction of sp³-hybridized carbons (Fsp3) is 0.160. The van der Waals surface area contributed by atoms with E-state index in [1.807, 2.05) is 67.2 Å². The number of aliphatic carboxylic acids is 1. The summed E-state index contributed by atoms with van der Waals surface area (Å²) in [5.41, 5.74) is 12.5. The van der Waals surface area contributed by atoms with Crippen molar-refractivity contribution in [3.8, 4) is 28.2 Å². The number of hydrogen-bond acceptors (Lipinski definition) is 3. The van der Waals surface area contributed by atoms with Gasteiger partial charge in [0.25, 0.3) is 0 Å². The maximum absolute atomic E-state index is 11.6. The third-order valence-corrected chi connectivity index (χ3v) is 5.58. The van der Waals surface area contributed by atoms with Crippen molar-refractivity contribution >= 4 is 11.9 Å². The number of hydrogen-bond donors (Lipinski definition) is 2. The van der Waals surface area contributed by atoms with Crippen LogP contribution in [0.1, 0.15) is 28.0 Å². The van der Waals surface area contributed by atoms with Gasteiger partial charge >= 0.3 is 5.97 Å². The van der Waals surface area contributed by atoms with E-state index >= 15 is 0 Å². The Morgan fingerprint density at radius 1 is 0.969 bits per heavy atom. The molecular formula is C25H24N4O3. The van der Waals surface area contributed by atoms with Gasteiger partial charge in [-0.25, -0.2) is 0 Å². The van der Waals surface area contributed by atoms with Crippen molar-refractivity contribution in [3.05, 3.63) is 83.7 Å². The van der Waals surface area contributed by atoms with Gasteiger partial charge in [0, 0.05) is 30.2 Å². The van der Waals surface area contributed by atoms with E-state index in [9.17, 15) is 14.7 Å². The molecule has 0 saturated heterocycles. The standard InChI is InChI=1S/C25H24N4O3/c1-16-15-19(25(26)32)7-10-21(16)29-20(9-12-24(30)31)8-11-23(29)18-5-3-17(4-6-18)22-13-14-27-28(22)2/h3-8,10-11,13-15H,9,12H2,1-2H3,(H2,26,32)(H,30,31). The zero-order chi connectivity index (χ0) is 22.8. The first-order valence-electron chi connectivity index (χ1n) is 10.3. The summed E-state index contributed by atoms with van der Waals surface area (Å²) in [7, 11) is 1.90. The summed E-state index contributed by atoms with van der Waals surface area (Å²) in [5.74, 6) is -1.33. The van der Waals surface area contributed by atoms with Crippen molar-refractivity contribution < 1.29 is 14.7 Å². The number of benzene rings is 2. The molecule has 0 unspecified atom stereocenters. The monoisotopic (exact) mass is 428 g/mol. The summed E-state index contributed by atoms with van der Waals surface area (Å²) < 4.78 is 3.88. The highest BCUT2D eigenvalue weighted by Crippen LogP contribution is 2.31. The fourth-order valence-corrected chi connectivity index (χ4v) is 3.95. The number of primary amides is 1. The third kappa shape index (κ3) is 4.05. The number of aromatic nitrogens is 3. The van der Waals surface area contributed by atoms with Gasteiger partial charge < -0.3 is 15.4 Å². The number of nitrogens with zero attached hydrogens (tertiary/aromatic N) is 3. The molecule has 0 spiro atoms. The van der Waals surface area contributed by atoms with E-state index in [1.165, 1.54) is 0 Å². The van der Waals surface area contributed by atoms with Crippen molar-refractivity contribution in [2.24, 2.45) is 12.8 Å². The molecule has 0 fully saturated rings. The van der Waals surface area contributed by atoms with E-state index in [2.05, 4.69) is 9.67 Å². The van der Waals surface area contributed by atoms with Crippen LogP contribution in [-0.2, 0) is 18.3 Å². The van der Waals surface area contributed by atoms with Gasteiger partial charge in [0.15, 0.2) is 0 Å². The van der Waals surface area contributed by atoms with E-state index in [0.29, 0.717) is 12.0 Å². The average Bonchev–Trinajstić information content (AvgIpc) is 3.38. The first kappa shape index (κ1) is 21.1. The van der Waals surface area contributed by atoms with Gasteiger partial charge in [-0.15, -0.1) is 0 Å². The van der Waals surface area contributed by atoms with E-state index in [1.54, 1.807) is 18.3 Å². The molecule has 0 radical (unpaired) electrons. The minimum atomic E-state index is -0.847. The number of amides is 1.